The lowest BCUT2D eigenvalue weighted by Gasteiger charge is -2.17. The number of hydrogen-bond acceptors (Lipinski definition) is 4. The average molecular weight is 308 g/mol. The number of rotatable bonds is 2. The van der Waals surface area contributed by atoms with Crippen molar-refractivity contribution in [3.63, 3.8) is 0 Å². The van der Waals surface area contributed by atoms with E-state index in [1.165, 1.54) is 4.90 Å². The molecule has 1 aliphatic heterocycles. The number of para-hydroxylation sites is 1. The number of carbonyl (C=O) groups excluding carboxylic acids is 1. The van der Waals surface area contributed by atoms with Gasteiger partial charge in [-0.05, 0) is 18.9 Å². The van der Waals surface area contributed by atoms with Crippen LogP contribution in [0.4, 0.5) is 5.69 Å². The number of aliphatic hydroxyl groups is 1. The summed E-state index contributed by atoms with van der Waals surface area (Å²) >= 11 is 0. The second-order valence-corrected chi connectivity index (χ2v) is 6.05. The lowest BCUT2D eigenvalue weighted by Crippen LogP contribution is -2.39. The van der Waals surface area contributed by atoms with Gasteiger partial charge in [0, 0.05) is 24.7 Å². The third-order valence-electron chi connectivity index (χ3n) is 4.14. The highest BCUT2D eigenvalue weighted by Gasteiger charge is 2.49. The number of anilines is 1. The number of aromatic nitrogens is 3. The molecule has 1 amide bonds. The number of carbonyl (C=O) groups is 1. The molecule has 6 heteroatoms. The molecule has 23 heavy (non-hydrogen) atoms. The minimum absolute atomic E-state index is 0.261. The Morgan fingerprint density at radius 2 is 2.17 bits per heavy atom. The summed E-state index contributed by atoms with van der Waals surface area (Å²) in [5, 5.41) is 18.8. The van der Waals surface area contributed by atoms with Gasteiger partial charge >= 0.3 is 0 Å². The highest BCUT2D eigenvalue weighted by molar-refractivity contribution is 6.08. The van der Waals surface area contributed by atoms with Gasteiger partial charge in [0.25, 0.3) is 5.91 Å². The molecule has 0 spiro atoms. The maximum atomic E-state index is 12.8. The molecule has 1 saturated carbocycles. The summed E-state index contributed by atoms with van der Waals surface area (Å²) in [4.78, 5) is 14.4. The average Bonchev–Trinajstić information content (AvgIpc) is 3.26. The number of amides is 1. The largest absolute Gasteiger partial charge is 0.366 e. The molecule has 116 valence electrons. The van der Waals surface area contributed by atoms with E-state index in [1.54, 1.807) is 24.0 Å². The van der Waals surface area contributed by atoms with Crippen molar-refractivity contribution in [1.29, 1.82) is 0 Å². The minimum atomic E-state index is -1.76. The van der Waals surface area contributed by atoms with Crippen molar-refractivity contribution in [2.24, 2.45) is 13.0 Å². The summed E-state index contributed by atoms with van der Waals surface area (Å²) < 4.78 is 1.58. The van der Waals surface area contributed by atoms with Crippen LogP contribution in [0.25, 0.3) is 0 Å². The number of fused-ring (bicyclic) bond motifs is 1. The molecule has 2 aromatic rings. The van der Waals surface area contributed by atoms with Gasteiger partial charge in [-0.2, -0.15) is 0 Å². The van der Waals surface area contributed by atoms with Crippen molar-refractivity contribution in [1.82, 2.24) is 15.0 Å². The summed E-state index contributed by atoms with van der Waals surface area (Å²) in [6, 6.07) is 7.23. The molecule has 1 fully saturated rings. The van der Waals surface area contributed by atoms with Crippen LogP contribution in [-0.2, 0) is 24.0 Å². The summed E-state index contributed by atoms with van der Waals surface area (Å²) in [6.45, 7) is 0.261. The van der Waals surface area contributed by atoms with E-state index in [9.17, 15) is 9.90 Å². The topological polar surface area (TPSA) is 71.2 Å². The van der Waals surface area contributed by atoms with Gasteiger partial charge in [-0.15, -0.1) is 5.10 Å². The predicted octanol–water partition coefficient (Wildman–Crippen LogP) is 0.963. The molecule has 0 radical (unpaired) electrons. The number of hydrogen-bond donors (Lipinski definition) is 1. The SMILES string of the molecule is Cn1cc(CN2C(=O)C(O)(C#CC3CC3)c3ccccc32)nn1. The van der Waals surface area contributed by atoms with Gasteiger partial charge in [0.1, 0.15) is 5.69 Å². The van der Waals surface area contributed by atoms with Crippen LogP contribution in [0, 0.1) is 17.8 Å². The van der Waals surface area contributed by atoms with Crippen molar-refractivity contribution in [2.45, 2.75) is 25.0 Å². The fourth-order valence-corrected chi connectivity index (χ4v) is 2.78. The standard InChI is InChI=1S/C17H16N4O2/c1-20-10-13(18-19-20)11-21-15-5-3-2-4-14(15)17(23,16(21)22)9-8-12-6-7-12/h2-5,10,12,23H,6-7,11H2,1H3. The lowest BCUT2D eigenvalue weighted by molar-refractivity contribution is -0.130. The van der Waals surface area contributed by atoms with Crippen LogP contribution in [0.5, 0.6) is 0 Å². The summed E-state index contributed by atoms with van der Waals surface area (Å²) in [6.07, 6.45) is 3.84. The van der Waals surface area contributed by atoms with E-state index in [0.29, 0.717) is 22.9 Å². The van der Waals surface area contributed by atoms with Crippen molar-refractivity contribution in [2.75, 3.05) is 4.90 Å². The molecule has 1 unspecified atom stereocenters. The highest BCUT2D eigenvalue weighted by atomic mass is 16.3. The van der Waals surface area contributed by atoms with E-state index in [-0.39, 0.29) is 6.54 Å². The molecule has 6 nitrogen and oxygen atoms in total. The first-order valence-electron chi connectivity index (χ1n) is 7.59. The minimum Gasteiger partial charge on any atom is -0.366 e. The zero-order valence-corrected chi connectivity index (χ0v) is 12.7. The van der Waals surface area contributed by atoms with Crippen molar-refractivity contribution >= 4 is 11.6 Å². The van der Waals surface area contributed by atoms with Gasteiger partial charge in [-0.1, -0.05) is 35.3 Å². The lowest BCUT2D eigenvalue weighted by atomic mass is 9.96. The molecule has 2 heterocycles. The molecule has 0 saturated heterocycles. The number of aryl methyl sites for hydroxylation is 1. The Labute approximate surface area is 133 Å². The van der Waals surface area contributed by atoms with E-state index in [2.05, 4.69) is 22.2 Å². The first-order chi connectivity index (χ1) is 11.1. The van der Waals surface area contributed by atoms with Crippen LogP contribution in [0.1, 0.15) is 24.1 Å². The Bertz CT molecular complexity index is 844. The molecule has 1 N–H and O–H groups in total. The second kappa shape index (κ2) is 4.93. The van der Waals surface area contributed by atoms with Gasteiger partial charge in [-0.25, -0.2) is 0 Å². The van der Waals surface area contributed by atoms with Crippen molar-refractivity contribution in [3.05, 3.63) is 41.7 Å². The van der Waals surface area contributed by atoms with Crippen molar-refractivity contribution < 1.29 is 9.90 Å². The zero-order chi connectivity index (χ0) is 16.0. The van der Waals surface area contributed by atoms with Gasteiger partial charge < -0.3 is 10.0 Å². The fourth-order valence-electron chi connectivity index (χ4n) is 2.78. The Morgan fingerprint density at radius 1 is 1.39 bits per heavy atom. The number of benzene rings is 1. The normalized spacial score (nSPS) is 22.7. The van der Waals surface area contributed by atoms with Crippen LogP contribution in [0.3, 0.4) is 0 Å². The molecule has 1 atom stereocenters. The van der Waals surface area contributed by atoms with E-state index >= 15 is 0 Å². The highest BCUT2D eigenvalue weighted by Crippen LogP contribution is 2.41. The van der Waals surface area contributed by atoms with Crippen LogP contribution in [-0.4, -0.2) is 26.0 Å². The van der Waals surface area contributed by atoms with E-state index in [4.69, 9.17) is 0 Å². The van der Waals surface area contributed by atoms with E-state index in [1.807, 2.05) is 18.2 Å². The summed E-state index contributed by atoms with van der Waals surface area (Å²) in [7, 11) is 1.77. The van der Waals surface area contributed by atoms with E-state index < -0.39 is 11.5 Å². The monoisotopic (exact) mass is 308 g/mol. The second-order valence-electron chi connectivity index (χ2n) is 6.05. The molecule has 1 aromatic carbocycles. The molecular weight excluding hydrogens is 292 g/mol. The zero-order valence-electron chi connectivity index (χ0n) is 12.7. The fraction of sp³-hybridized carbons (Fsp3) is 0.353. The Balaban J connectivity index is 1.74. The van der Waals surface area contributed by atoms with Crippen LogP contribution in [0.2, 0.25) is 0 Å². The maximum Gasteiger partial charge on any atom is 0.277 e. The van der Waals surface area contributed by atoms with Gasteiger partial charge in [0.2, 0.25) is 5.60 Å². The summed E-state index contributed by atoms with van der Waals surface area (Å²) in [5.74, 6) is 5.73. The predicted molar refractivity (Wildman–Crippen MR) is 83.0 cm³/mol. The Morgan fingerprint density at radius 3 is 2.87 bits per heavy atom. The molecule has 0 bridgehead atoms. The van der Waals surface area contributed by atoms with Crippen LogP contribution >= 0.6 is 0 Å². The third kappa shape index (κ3) is 2.30. The first-order valence-corrected chi connectivity index (χ1v) is 7.59. The smallest absolute Gasteiger partial charge is 0.277 e. The molecule has 4 rings (SSSR count). The van der Waals surface area contributed by atoms with Gasteiger partial charge in [0.05, 0.1) is 12.2 Å². The summed E-state index contributed by atoms with van der Waals surface area (Å²) in [5.41, 5.74) is 0.120. The van der Waals surface area contributed by atoms with E-state index in [0.717, 1.165) is 12.8 Å². The third-order valence-corrected chi connectivity index (χ3v) is 4.14. The van der Waals surface area contributed by atoms with Crippen molar-refractivity contribution in [3.8, 4) is 11.8 Å². The first kappa shape index (κ1) is 14.0. The Hall–Kier alpha value is -2.65. The van der Waals surface area contributed by atoms with Gasteiger partial charge in [0.15, 0.2) is 0 Å². The van der Waals surface area contributed by atoms with Crippen LogP contribution in [0.15, 0.2) is 30.5 Å². The maximum absolute atomic E-state index is 12.8. The molecule has 2 aliphatic rings. The molecular formula is C17H16N4O2. The van der Waals surface area contributed by atoms with Crippen LogP contribution < -0.4 is 4.90 Å². The molecule has 1 aliphatic carbocycles. The number of nitrogens with zero attached hydrogens (tertiary/aromatic N) is 4. The van der Waals surface area contributed by atoms with Gasteiger partial charge in [-0.3, -0.25) is 9.48 Å². The quantitative estimate of drug-likeness (QED) is 0.839. The Kier molecular flexibility index (Phi) is 3.00. The molecule has 1 aromatic heterocycles.